The fourth-order valence-corrected chi connectivity index (χ4v) is 6.54. The Bertz CT molecular complexity index is 2500. The lowest BCUT2D eigenvalue weighted by molar-refractivity contribution is 0.0695. The third-order valence-electron chi connectivity index (χ3n) is 9.17. The first-order chi connectivity index (χ1) is 25.9. The maximum atomic E-state index is 13.1. The van der Waals surface area contributed by atoms with Gasteiger partial charge in [-0.2, -0.15) is 0 Å². The van der Waals surface area contributed by atoms with Crippen molar-refractivity contribution in [3.8, 4) is 23.0 Å². The molecule has 266 valence electrons. The van der Waals surface area contributed by atoms with Crippen molar-refractivity contribution in [1.82, 2.24) is 10.3 Å². The summed E-state index contributed by atoms with van der Waals surface area (Å²) in [6, 6.07) is 37.6. The molecule has 6 aromatic carbocycles. The summed E-state index contributed by atoms with van der Waals surface area (Å²) in [5.41, 5.74) is 2.19. The summed E-state index contributed by atoms with van der Waals surface area (Å²) in [6.07, 6.45) is 1.52. The zero-order valence-corrected chi connectivity index (χ0v) is 29.3. The van der Waals surface area contributed by atoms with Crippen molar-refractivity contribution in [2.24, 2.45) is 0 Å². The van der Waals surface area contributed by atoms with E-state index in [1.807, 2.05) is 78.9 Å². The van der Waals surface area contributed by atoms with Gasteiger partial charge in [0.25, 0.3) is 11.8 Å². The first kappa shape index (κ1) is 34.9. The highest BCUT2D eigenvalue weighted by Crippen LogP contribution is 2.30. The molecule has 2 heterocycles. The Morgan fingerprint density at radius 3 is 2.08 bits per heavy atom. The maximum absolute atomic E-state index is 13.1. The average molecular weight is 708 g/mol. The van der Waals surface area contributed by atoms with Crippen LogP contribution in [-0.4, -0.2) is 50.3 Å². The number of nitrogens with zero attached hydrogens (tertiary/aromatic N) is 1. The molecule has 1 fully saturated rings. The minimum absolute atomic E-state index is 0.0396. The van der Waals surface area contributed by atoms with Crippen LogP contribution < -0.4 is 25.7 Å². The summed E-state index contributed by atoms with van der Waals surface area (Å²) in [4.78, 5) is 43.1. The number of carbonyl (C=O) groups is 2. The van der Waals surface area contributed by atoms with Gasteiger partial charge in [-0.1, -0.05) is 84.9 Å². The largest absolute Gasteiger partial charge is 0.496 e. The molecule has 1 saturated heterocycles. The van der Waals surface area contributed by atoms with Gasteiger partial charge in [-0.25, -0.2) is 9.78 Å². The molecule has 0 spiro atoms. The molecule has 1 aromatic heterocycles. The summed E-state index contributed by atoms with van der Waals surface area (Å²) >= 11 is 0. The summed E-state index contributed by atoms with van der Waals surface area (Å²) in [5, 5.41) is 10.2. The number of nitrogens with one attached hydrogen (secondary N) is 2. The van der Waals surface area contributed by atoms with Crippen LogP contribution in [-0.2, 0) is 4.74 Å². The van der Waals surface area contributed by atoms with Crippen LogP contribution in [0.15, 0.2) is 131 Å². The van der Waals surface area contributed by atoms with E-state index in [2.05, 4.69) is 15.6 Å². The van der Waals surface area contributed by atoms with Crippen molar-refractivity contribution in [3.05, 3.63) is 143 Å². The quantitative estimate of drug-likeness (QED) is 0.170. The molecule has 2 N–H and O–H groups in total. The van der Waals surface area contributed by atoms with Gasteiger partial charge < -0.3 is 29.3 Å². The molecule has 1 aliphatic heterocycles. The molecule has 1 aliphatic rings. The van der Waals surface area contributed by atoms with E-state index in [0.717, 1.165) is 39.9 Å². The van der Waals surface area contributed by atoms with Crippen LogP contribution in [0.2, 0.25) is 0 Å². The molecule has 0 radical (unpaired) electrons. The molecule has 2 amide bonds. The molecule has 10 nitrogen and oxygen atoms in total. The topological polar surface area (TPSA) is 129 Å². The Balaban J connectivity index is 0.000000170. The van der Waals surface area contributed by atoms with Gasteiger partial charge in [0.2, 0.25) is 5.89 Å². The number of aromatic nitrogens is 1. The summed E-state index contributed by atoms with van der Waals surface area (Å²) < 4.78 is 21.5. The summed E-state index contributed by atoms with van der Waals surface area (Å²) in [7, 11) is 3.03. The van der Waals surface area contributed by atoms with Crippen LogP contribution in [0.1, 0.15) is 33.6 Å². The third kappa shape index (κ3) is 7.44. The molecule has 0 bridgehead atoms. The van der Waals surface area contributed by atoms with Crippen molar-refractivity contribution >= 4 is 49.9 Å². The van der Waals surface area contributed by atoms with Gasteiger partial charge in [0, 0.05) is 30.4 Å². The van der Waals surface area contributed by atoms with Crippen LogP contribution in [0.4, 0.5) is 5.69 Å². The molecule has 0 saturated carbocycles. The molecule has 0 aliphatic carbocycles. The zero-order chi connectivity index (χ0) is 36.7. The number of fused-ring (bicyclic) bond motifs is 3. The van der Waals surface area contributed by atoms with E-state index in [9.17, 15) is 14.4 Å². The van der Waals surface area contributed by atoms with E-state index in [4.69, 9.17) is 18.6 Å². The number of hydrogen-bond donors (Lipinski definition) is 2. The van der Waals surface area contributed by atoms with Crippen molar-refractivity contribution in [2.75, 3.05) is 32.8 Å². The number of hydrogen-bond acceptors (Lipinski definition) is 8. The maximum Gasteiger partial charge on any atom is 0.350 e. The lowest BCUT2D eigenvalue weighted by Gasteiger charge is -2.24. The first-order valence-corrected chi connectivity index (χ1v) is 17.3. The van der Waals surface area contributed by atoms with E-state index < -0.39 is 5.63 Å². The molecular formula is C43H37N3O7. The third-order valence-corrected chi connectivity index (χ3v) is 9.17. The number of benzene rings is 6. The van der Waals surface area contributed by atoms with E-state index in [1.54, 1.807) is 42.5 Å². The Morgan fingerprint density at radius 1 is 0.698 bits per heavy atom. The second-order valence-electron chi connectivity index (χ2n) is 12.4. The lowest BCUT2D eigenvalue weighted by Crippen LogP contribution is -2.39. The first-order valence-electron chi connectivity index (χ1n) is 17.3. The predicted molar refractivity (Wildman–Crippen MR) is 206 cm³/mol. The molecule has 10 heteroatoms. The monoisotopic (exact) mass is 707 g/mol. The van der Waals surface area contributed by atoms with Crippen LogP contribution >= 0.6 is 0 Å². The van der Waals surface area contributed by atoms with Crippen LogP contribution in [0.25, 0.3) is 43.9 Å². The van der Waals surface area contributed by atoms with Crippen molar-refractivity contribution in [2.45, 2.75) is 18.9 Å². The van der Waals surface area contributed by atoms with Crippen molar-refractivity contribution in [1.29, 1.82) is 0 Å². The second-order valence-corrected chi connectivity index (χ2v) is 12.4. The lowest BCUT2D eigenvalue weighted by atomic mass is 10.0. The molecule has 0 unspecified atom stereocenters. The number of amides is 2. The van der Waals surface area contributed by atoms with E-state index in [0.29, 0.717) is 58.3 Å². The Kier molecular flexibility index (Phi) is 10.4. The number of rotatable bonds is 7. The summed E-state index contributed by atoms with van der Waals surface area (Å²) in [5.74, 6) is 0.642. The van der Waals surface area contributed by atoms with Gasteiger partial charge in [-0.05, 0) is 70.8 Å². The van der Waals surface area contributed by atoms with E-state index >= 15 is 0 Å². The van der Waals surface area contributed by atoms with Gasteiger partial charge >= 0.3 is 5.63 Å². The van der Waals surface area contributed by atoms with Gasteiger partial charge in [-0.3, -0.25) is 9.59 Å². The SMILES string of the molecule is COc1cccc(NC(=O)c2cccc3ccccc23)c1C(=O)NC1CCOCC1.COc1cccc2nc(-c3cccc4ccccc34)oc(=O)c12. The predicted octanol–water partition coefficient (Wildman–Crippen LogP) is 8.03. The average Bonchev–Trinajstić information content (AvgIpc) is 3.20. The number of methoxy groups -OCH3 is 2. The molecule has 53 heavy (non-hydrogen) atoms. The molecule has 7 aromatic rings. The van der Waals surface area contributed by atoms with E-state index in [-0.39, 0.29) is 17.9 Å². The fourth-order valence-electron chi connectivity index (χ4n) is 6.54. The minimum Gasteiger partial charge on any atom is -0.496 e. The van der Waals surface area contributed by atoms with Crippen molar-refractivity contribution < 1.29 is 28.2 Å². The van der Waals surface area contributed by atoms with E-state index in [1.165, 1.54) is 14.2 Å². The van der Waals surface area contributed by atoms with Crippen LogP contribution in [0, 0.1) is 0 Å². The zero-order valence-electron chi connectivity index (χ0n) is 29.3. The number of ether oxygens (including phenoxy) is 3. The molecular weight excluding hydrogens is 670 g/mol. The second kappa shape index (κ2) is 15.8. The van der Waals surface area contributed by atoms with Gasteiger partial charge in [-0.15, -0.1) is 0 Å². The van der Waals surface area contributed by atoms with Crippen LogP contribution in [0.5, 0.6) is 11.5 Å². The number of carbonyl (C=O) groups excluding carboxylic acids is 2. The highest BCUT2D eigenvalue weighted by atomic mass is 16.5. The Hall–Kier alpha value is -6.52. The van der Waals surface area contributed by atoms with Gasteiger partial charge in [0.1, 0.15) is 22.4 Å². The standard InChI is InChI=1S/C24H24N2O4.C19H13NO3/c1-29-21-11-5-10-20(22(21)24(28)25-17-12-14-30-15-13-17)26-23(27)19-9-4-7-16-6-2-3-8-18(16)19;1-22-16-11-5-10-15-17(16)19(21)23-18(20-15)14-9-4-7-12-6-2-3-8-13(12)14/h2-11,17H,12-15H2,1H3,(H,25,28)(H,26,27);2-11H,1H3. The summed E-state index contributed by atoms with van der Waals surface area (Å²) in [6.45, 7) is 1.25. The highest BCUT2D eigenvalue weighted by Gasteiger charge is 2.23. The fraction of sp³-hybridized carbons (Fsp3) is 0.163. The highest BCUT2D eigenvalue weighted by molar-refractivity contribution is 6.15. The minimum atomic E-state index is -0.449. The van der Waals surface area contributed by atoms with Crippen LogP contribution in [0.3, 0.4) is 0 Å². The van der Waals surface area contributed by atoms with Crippen molar-refractivity contribution in [3.63, 3.8) is 0 Å². The van der Waals surface area contributed by atoms with Gasteiger partial charge in [0.05, 0.1) is 25.4 Å². The Morgan fingerprint density at radius 2 is 1.32 bits per heavy atom. The molecule has 0 atom stereocenters. The smallest absolute Gasteiger partial charge is 0.350 e. The number of anilines is 1. The van der Waals surface area contributed by atoms with Gasteiger partial charge in [0.15, 0.2) is 0 Å². The Labute approximate surface area is 305 Å². The normalized spacial score (nSPS) is 12.9. The molecule has 8 rings (SSSR count).